The normalized spacial score (nSPS) is 14.8. The number of nitrogens with one attached hydrogen (secondary N) is 1. The van der Waals surface area contributed by atoms with Crippen LogP contribution in [0.4, 0.5) is 0 Å². The van der Waals surface area contributed by atoms with Crippen molar-refractivity contribution < 1.29 is 14.3 Å². The molecule has 1 atom stereocenters. The highest BCUT2D eigenvalue weighted by Crippen LogP contribution is 2.24. The molecule has 0 aliphatic heterocycles. The van der Waals surface area contributed by atoms with E-state index in [0.29, 0.717) is 15.8 Å². The fourth-order valence-electron chi connectivity index (χ4n) is 3.89. The van der Waals surface area contributed by atoms with Gasteiger partial charge in [-0.15, -0.1) is 0 Å². The summed E-state index contributed by atoms with van der Waals surface area (Å²) in [6.07, 6.45) is 4.19. The second kappa shape index (κ2) is 11.1. The number of rotatable bonds is 8. The van der Waals surface area contributed by atoms with Crippen molar-refractivity contribution in [3.05, 3.63) is 63.1 Å². The molecule has 0 bridgehead atoms. The van der Waals surface area contributed by atoms with E-state index < -0.39 is 6.04 Å². The Morgan fingerprint density at radius 3 is 2.53 bits per heavy atom. The second-order valence-electron chi connectivity index (χ2n) is 8.48. The molecule has 32 heavy (non-hydrogen) atoms. The van der Waals surface area contributed by atoms with E-state index in [0.717, 1.165) is 42.4 Å². The smallest absolute Gasteiger partial charge is 0.261 e. The summed E-state index contributed by atoms with van der Waals surface area (Å²) in [7, 11) is 0. The number of ether oxygens (including phenoxy) is 1. The number of carbonyl (C=O) groups is 2. The lowest BCUT2D eigenvalue weighted by molar-refractivity contribution is -0.142. The number of nitrogens with zero attached hydrogens (tertiary/aromatic N) is 1. The maximum Gasteiger partial charge on any atom is 0.261 e. The highest BCUT2D eigenvalue weighted by Gasteiger charge is 2.29. The van der Waals surface area contributed by atoms with Gasteiger partial charge in [0.25, 0.3) is 5.91 Å². The third-order valence-electron chi connectivity index (χ3n) is 5.92. The fourth-order valence-corrected chi connectivity index (χ4v) is 4.36. The molecule has 7 heteroatoms. The Kier molecular flexibility index (Phi) is 8.44. The summed E-state index contributed by atoms with van der Waals surface area (Å²) in [4.78, 5) is 27.7. The number of carbonyl (C=O) groups excluding carboxylic acids is 2. The molecule has 1 aliphatic carbocycles. The minimum atomic E-state index is -0.669. The summed E-state index contributed by atoms with van der Waals surface area (Å²) >= 11 is 12.4. The zero-order valence-corrected chi connectivity index (χ0v) is 20.3. The lowest BCUT2D eigenvalue weighted by atomic mass is 10.1. The van der Waals surface area contributed by atoms with Crippen LogP contribution >= 0.6 is 23.2 Å². The van der Waals surface area contributed by atoms with Crippen molar-refractivity contribution >= 4 is 35.0 Å². The Labute approximate surface area is 200 Å². The number of hydrogen-bond donors (Lipinski definition) is 1. The molecule has 2 amide bonds. The third-order valence-corrected chi connectivity index (χ3v) is 6.51. The van der Waals surface area contributed by atoms with Crippen molar-refractivity contribution in [2.24, 2.45) is 0 Å². The van der Waals surface area contributed by atoms with Crippen LogP contribution in [0.25, 0.3) is 0 Å². The van der Waals surface area contributed by atoms with Crippen LogP contribution in [0.2, 0.25) is 10.0 Å². The number of benzene rings is 2. The molecule has 1 aliphatic rings. The van der Waals surface area contributed by atoms with Gasteiger partial charge in [0.2, 0.25) is 5.91 Å². The van der Waals surface area contributed by atoms with E-state index in [1.54, 1.807) is 25.1 Å². The summed E-state index contributed by atoms with van der Waals surface area (Å²) in [6, 6.07) is 10.5. The van der Waals surface area contributed by atoms with Crippen molar-refractivity contribution in [2.45, 2.75) is 65.1 Å². The SMILES string of the molecule is Cc1ccc(C)c(OCC(=O)N(Cc2ccc(Cl)cc2Cl)C(C)C(=O)NC2CCCC2)c1. The topological polar surface area (TPSA) is 58.6 Å². The molecule has 0 radical (unpaired) electrons. The number of amides is 2. The lowest BCUT2D eigenvalue weighted by Gasteiger charge is -2.30. The number of aryl methyl sites for hydroxylation is 2. The van der Waals surface area contributed by atoms with Gasteiger partial charge in [-0.2, -0.15) is 0 Å². The molecule has 1 unspecified atom stereocenters. The van der Waals surface area contributed by atoms with Crippen LogP contribution in [0.1, 0.15) is 49.3 Å². The molecule has 0 saturated heterocycles. The maximum atomic E-state index is 13.2. The van der Waals surface area contributed by atoms with Crippen molar-refractivity contribution in [1.82, 2.24) is 10.2 Å². The Balaban J connectivity index is 1.77. The third kappa shape index (κ3) is 6.39. The summed E-state index contributed by atoms with van der Waals surface area (Å²) < 4.78 is 5.83. The Hall–Kier alpha value is -2.24. The first-order valence-electron chi connectivity index (χ1n) is 11.0. The molecule has 0 aromatic heterocycles. The van der Waals surface area contributed by atoms with E-state index in [2.05, 4.69) is 5.32 Å². The van der Waals surface area contributed by atoms with Gasteiger partial charge < -0.3 is 15.0 Å². The molecule has 172 valence electrons. The highest BCUT2D eigenvalue weighted by molar-refractivity contribution is 6.35. The summed E-state index contributed by atoms with van der Waals surface area (Å²) in [6.45, 7) is 5.66. The zero-order chi connectivity index (χ0) is 23.3. The minimum absolute atomic E-state index is 0.165. The first kappa shape index (κ1) is 24.4. The first-order chi connectivity index (χ1) is 15.2. The molecule has 0 heterocycles. The van der Waals surface area contributed by atoms with Crippen LogP contribution in [0.15, 0.2) is 36.4 Å². The molecule has 1 fully saturated rings. The van der Waals surface area contributed by atoms with E-state index in [4.69, 9.17) is 27.9 Å². The second-order valence-corrected chi connectivity index (χ2v) is 9.32. The van der Waals surface area contributed by atoms with E-state index in [9.17, 15) is 9.59 Å². The van der Waals surface area contributed by atoms with Crippen LogP contribution in [0, 0.1) is 13.8 Å². The Morgan fingerprint density at radius 1 is 1.12 bits per heavy atom. The molecular weight excluding hydrogens is 447 g/mol. The Bertz CT molecular complexity index is 974. The van der Waals surface area contributed by atoms with Gasteiger partial charge in [0.05, 0.1) is 0 Å². The first-order valence-corrected chi connectivity index (χ1v) is 11.7. The minimum Gasteiger partial charge on any atom is -0.483 e. The lowest BCUT2D eigenvalue weighted by Crippen LogP contribution is -2.50. The van der Waals surface area contributed by atoms with Crippen LogP contribution in [0.3, 0.4) is 0 Å². The van der Waals surface area contributed by atoms with Crippen molar-refractivity contribution in [3.8, 4) is 5.75 Å². The van der Waals surface area contributed by atoms with Gasteiger partial charge in [0.1, 0.15) is 11.8 Å². The van der Waals surface area contributed by atoms with Gasteiger partial charge in [-0.25, -0.2) is 0 Å². The van der Waals surface area contributed by atoms with Gasteiger partial charge in [-0.3, -0.25) is 9.59 Å². The fraction of sp³-hybridized carbons (Fsp3) is 0.440. The largest absolute Gasteiger partial charge is 0.483 e. The summed E-state index contributed by atoms with van der Waals surface area (Å²) in [5, 5.41) is 4.05. The molecular formula is C25H30Cl2N2O3. The van der Waals surface area contributed by atoms with Crippen LogP contribution in [-0.2, 0) is 16.1 Å². The molecule has 0 spiro atoms. The van der Waals surface area contributed by atoms with E-state index >= 15 is 0 Å². The average Bonchev–Trinajstić information content (AvgIpc) is 3.26. The van der Waals surface area contributed by atoms with Crippen molar-refractivity contribution in [2.75, 3.05) is 6.61 Å². The predicted molar refractivity (Wildman–Crippen MR) is 128 cm³/mol. The number of halogens is 2. The van der Waals surface area contributed by atoms with E-state index in [-0.39, 0.29) is 31.0 Å². The van der Waals surface area contributed by atoms with Gasteiger partial charge >= 0.3 is 0 Å². The molecule has 5 nitrogen and oxygen atoms in total. The quantitative estimate of drug-likeness (QED) is 0.549. The van der Waals surface area contributed by atoms with Gasteiger partial charge in [-0.05, 0) is 68.5 Å². The molecule has 2 aromatic rings. The standard InChI is InChI=1S/C25H30Cl2N2O3/c1-16-8-9-17(2)23(12-16)32-15-24(30)29(14-19-10-11-20(26)13-22(19)27)18(3)25(31)28-21-6-4-5-7-21/h8-13,18,21H,4-7,14-15H2,1-3H3,(H,28,31). The zero-order valence-electron chi connectivity index (χ0n) is 18.8. The van der Waals surface area contributed by atoms with Crippen LogP contribution < -0.4 is 10.1 Å². The molecule has 1 N–H and O–H groups in total. The molecule has 1 saturated carbocycles. The van der Waals surface area contributed by atoms with Gasteiger partial charge in [0.15, 0.2) is 6.61 Å². The van der Waals surface area contributed by atoms with E-state index in [1.165, 1.54) is 4.90 Å². The highest BCUT2D eigenvalue weighted by atomic mass is 35.5. The van der Waals surface area contributed by atoms with Crippen molar-refractivity contribution in [1.29, 1.82) is 0 Å². The van der Waals surface area contributed by atoms with Gasteiger partial charge in [0, 0.05) is 22.6 Å². The average molecular weight is 477 g/mol. The monoisotopic (exact) mass is 476 g/mol. The summed E-state index contributed by atoms with van der Waals surface area (Å²) in [5.74, 6) is 0.207. The van der Waals surface area contributed by atoms with E-state index in [1.807, 2.05) is 32.0 Å². The van der Waals surface area contributed by atoms with Gasteiger partial charge in [-0.1, -0.05) is 54.2 Å². The van der Waals surface area contributed by atoms with Crippen LogP contribution in [-0.4, -0.2) is 35.4 Å². The Morgan fingerprint density at radius 2 is 1.84 bits per heavy atom. The molecule has 3 rings (SSSR count). The molecule has 2 aromatic carbocycles. The number of hydrogen-bond acceptors (Lipinski definition) is 3. The maximum absolute atomic E-state index is 13.2. The van der Waals surface area contributed by atoms with Crippen LogP contribution in [0.5, 0.6) is 5.75 Å². The predicted octanol–water partition coefficient (Wildman–Crippen LogP) is 5.47. The van der Waals surface area contributed by atoms with Crippen molar-refractivity contribution in [3.63, 3.8) is 0 Å². The summed E-state index contributed by atoms with van der Waals surface area (Å²) in [5.41, 5.74) is 2.71.